The van der Waals surface area contributed by atoms with Crippen molar-refractivity contribution in [3.05, 3.63) is 113 Å². The molecule has 1 aliphatic rings. The second-order valence-electron chi connectivity index (χ2n) is 8.43. The third-order valence-electron chi connectivity index (χ3n) is 6.02. The van der Waals surface area contributed by atoms with Crippen molar-refractivity contribution in [2.45, 2.75) is 26.4 Å². The number of hydrogen-bond acceptors (Lipinski definition) is 4. The van der Waals surface area contributed by atoms with Crippen LogP contribution in [0.5, 0.6) is 0 Å². The third-order valence-corrected chi connectivity index (χ3v) is 6.36. The summed E-state index contributed by atoms with van der Waals surface area (Å²) in [5.41, 5.74) is 5.29. The fourth-order valence-electron chi connectivity index (χ4n) is 4.08. The zero-order chi connectivity index (χ0) is 24.5. The van der Waals surface area contributed by atoms with Gasteiger partial charge in [0.15, 0.2) is 5.11 Å². The number of thiocarbonyl (C=S) groups is 1. The number of halogens is 2. The predicted octanol–water partition coefficient (Wildman–Crippen LogP) is 6.19. The van der Waals surface area contributed by atoms with Gasteiger partial charge < -0.3 is 14.7 Å². The van der Waals surface area contributed by atoms with E-state index < -0.39 is 6.04 Å². The van der Waals surface area contributed by atoms with E-state index in [2.05, 4.69) is 39.7 Å². The molecule has 1 aromatic heterocycles. The summed E-state index contributed by atoms with van der Waals surface area (Å²) in [7, 11) is 0. The number of benzene rings is 3. The lowest BCUT2D eigenvalue weighted by atomic mass is 9.94. The number of aryl methyl sites for hydroxylation is 1. The molecule has 5 nitrogen and oxygen atoms in total. The zero-order valence-corrected chi connectivity index (χ0v) is 19.9. The van der Waals surface area contributed by atoms with Crippen molar-refractivity contribution in [2.75, 3.05) is 0 Å². The number of hydrogen-bond donors (Lipinski definition) is 1. The van der Waals surface area contributed by atoms with Crippen LogP contribution in [0.3, 0.4) is 0 Å². The molecule has 0 saturated heterocycles. The Labute approximate surface area is 207 Å². The smallest absolute Gasteiger partial charge is 0.258 e. The van der Waals surface area contributed by atoms with E-state index >= 15 is 0 Å². The van der Waals surface area contributed by atoms with Crippen LogP contribution in [0.4, 0.5) is 8.78 Å². The van der Waals surface area contributed by atoms with Gasteiger partial charge in [0.05, 0.1) is 11.6 Å². The molecule has 5 rings (SSSR count). The summed E-state index contributed by atoms with van der Waals surface area (Å²) in [6.45, 7) is 4.55. The molecular formula is C27H22F2N4OS. The number of nitrogens with one attached hydrogen (secondary N) is 1. The van der Waals surface area contributed by atoms with Gasteiger partial charge in [0.25, 0.3) is 5.89 Å². The van der Waals surface area contributed by atoms with E-state index in [1.165, 1.54) is 29.8 Å². The highest BCUT2D eigenvalue weighted by Crippen LogP contribution is 2.38. The van der Waals surface area contributed by atoms with Gasteiger partial charge in [-0.1, -0.05) is 47.1 Å². The summed E-state index contributed by atoms with van der Waals surface area (Å²) < 4.78 is 32.7. The van der Waals surface area contributed by atoms with Crippen molar-refractivity contribution < 1.29 is 13.3 Å². The van der Waals surface area contributed by atoms with Crippen LogP contribution >= 0.6 is 12.2 Å². The van der Waals surface area contributed by atoms with Crippen molar-refractivity contribution >= 4 is 22.9 Å². The number of aromatic nitrogens is 2. The Kier molecular flexibility index (Phi) is 6.13. The van der Waals surface area contributed by atoms with Gasteiger partial charge in [0, 0.05) is 17.8 Å². The molecule has 1 N–H and O–H groups in total. The molecule has 4 aromatic rings. The van der Waals surface area contributed by atoms with E-state index in [1.807, 2.05) is 18.7 Å². The highest BCUT2D eigenvalue weighted by atomic mass is 32.1. The van der Waals surface area contributed by atoms with E-state index in [9.17, 15) is 8.78 Å². The lowest BCUT2D eigenvalue weighted by Gasteiger charge is -2.37. The largest absolute Gasteiger partial charge is 0.351 e. The maximum absolute atomic E-state index is 13.6. The fourth-order valence-corrected chi connectivity index (χ4v) is 4.40. The Hall–Kier alpha value is -3.91. The third kappa shape index (κ3) is 4.70. The minimum absolute atomic E-state index is 0.306. The van der Waals surface area contributed by atoms with Gasteiger partial charge in [-0.05, 0) is 73.6 Å². The molecule has 8 heteroatoms. The number of rotatable bonds is 5. The Morgan fingerprint density at radius 1 is 0.914 bits per heavy atom. The minimum Gasteiger partial charge on any atom is -0.351 e. The van der Waals surface area contributed by atoms with Gasteiger partial charge in [0.1, 0.15) is 11.6 Å². The van der Waals surface area contributed by atoms with Gasteiger partial charge in [0.2, 0.25) is 5.82 Å². The quantitative estimate of drug-likeness (QED) is 0.338. The molecule has 0 saturated carbocycles. The van der Waals surface area contributed by atoms with Crippen LogP contribution in [-0.4, -0.2) is 20.2 Å². The van der Waals surface area contributed by atoms with E-state index in [1.54, 1.807) is 24.3 Å². The molecule has 3 aromatic carbocycles. The Bertz CT molecular complexity index is 1400. The van der Waals surface area contributed by atoms with E-state index in [-0.39, 0.29) is 11.6 Å². The Morgan fingerprint density at radius 2 is 1.54 bits per heavy atom. The van der Waals surface area contributed by atoms with Crippen molar-refractivity contribution in [3.8, 4) is 11.4 Å². The second kappa shape index (κ2) is 9.38. The normalized spacial score (nSPS) is 15.9. The van der Waals surface area contributed by atoms with Crippen LogP contribution in [-0.2, 0) is 6.54 Å². The molecule has 1 unspecified atom stereocenters. The topological polar surface area (TPSA) is 54.2 Å². The first-order valence-electron chi connectivity index (χ1n) is 11.1. The molecular weight excluding hydrogens is 466 g/mol. The molecule has 176 valence electrons. The molecule has 35 heavy (non-hydrogen) atoms. The van der Waals surface area contributed by atoms with E-state index in [4.69, 9.17) is 16.7 Å². The summed E-state index contributed by atoms with van der Waals surface area (Å²) in [5, 5.41) is 8.03. The van der Waals surface area contributed by atoms with Crippen LogP contribution in [0.25, 0.3) is 17.0 Å². The lowest BCUT2D eigenvalue weighted by molar-refractivity contribution is 0.396. The summed E-state index contributed by atoms with van der Waals surface area (Å²) in [6.07, 6.45) is 0. The fraction of sp³-hybridized carbons (Fsp3) is 0.148. The average Bonchev–Trinajstić information content (AvgIpc) is 3.33. The van der Waals surface area contributed by atoms with Gasteiger partial charge in [-0.2, -0.15) is 4.98 Å². The van der Waals surface area contributed by atoms with Gasteiger partial charge in [-0.15, -0.1) is 0 Å². The minimum atomic E-state index is -0.418. The molecule has 0 radical (unpaired) electrons. The highest BCUT2D eigenvalue weighted by molar-refractivity contribution is 7.80. The number of nitrogens with zero attached hydrogens (tertiary/aromatic N) is 3. The van der Waals surface area contributed by atoms with E-state index in [0.29, 0.717) is 28.9 Å². The van der Waals surface area contributed by atoms with E-state index in [0.717, 1.165) is 22.4 Å². The summed E-state index contributed by atoms with van der Waals surface area (Å²) >= 11 is 5.73. The number of allylic oxidation sites excluding steroid dienone is 1. The van der Waals surface area contributed by atoms with Crippen LogP contribution < -0.4 is 5.32 Å². The van der Waals surface area contributed by atoms with Crippen LogP contribution in [0, 0.1) is 18.6 Å². The van der Waals surface area contributed by atoms with Crippen LogP contribution in [0.2, 0.25) is 0 Å². The molecule has 0 amide bonds. The molecule has 2 heterocycles. The molecule has 1 atom stereocenters. The summed E-state index contributed by atoms with van der Waals surface area (Å²) in [4.78, 5) is 6.60. The first-order chi connectivity index (χ1) is 16.9. The van der Waals surface area contributed by atoms with Gasteiger partial charge in [-0.3, -0.25) is 0 Å². The monoisotopic (exact) mass is 488 g/mol. The highest BCUT2D eigenvalue weighted by Gasteiger charge is 2.34. The van der Waals surface area contributed by atoms with Crippen molar-refractivity contribution in [1.29, 1.82) is 0 Å². The van der Waals surface area contributed by atoms with Crippen molar-refractivity contribution in [1.82, 2.24) is 20.4 Å². The Balaban J connectivity index is 1.58. The molecule has 0 fully saturated rings. The predicted molar refractivity (Wildman–Crippen MR) is 134 cm³/mol. The summed E-state index contributed by atoms with van der Waals surface area (Å²) in [6, 6.07) is 19.9. The van der Waals surface area contributed by atoms with Crippen LogP contribution in [0.15, 0.2) is 83.0 Å². The molecule has 0 aliphatic carbocycles. The second-order valence-corrected chi connectivity index (χ2v) is 8.82. The Morgan fingerprint density at radius 3 is 2.20 bits per heavy atom. The zero-order valence-electron chi connectivity index (χ0n) is 19.1. The maximum atomic E-state index is 13.6. The molecule has 0 spiro atoms. The van der Waals surface area contributed by atoms with Crippen molar-refractivity contribution in [2.24, 2.45) is 0 Å². The maximum Gasteiger partial charge on any atom is 0.258 e. The first-order valence-corrected chi connectivity index (χ1v) is 11.5. The van der Waals surface area contributed by atoms with Gasteiger partial charge in [-0.25, -0.2) is 8.78 Å². The SMILES string of the molecule is CC1=C(c2nc(-c3ccc(F)cc3)no2)C(c2ccc(F)cc2)NC(=S)N1Cc1ccc(C)cc1. The average molecular weight is 489 g/mol. The summed E-state index contributed by atoms with van der Waals surface area (Å²) in [5.74, 6) is -0.0210. The standard InChI is InChI=1S/C27H22F2N4OS/c1-16-3-5-18(6-4-16)15-33-17(2)23(24(30-27(33)35)19-7-11-21(28)12-8-19)26-31-25(32-34-26)20-9-13-22(29)14-10-20/h3-14,24H,15H2,1-2H3,(H,30,35). The lowest BCUT2D eigenvalue weighted by Crippen LogP contribution is -2.45. The van der Waals surface area contributed by atoms with Crippen molar-refractivity contribution in [3.63, 3.8) is 0 Å². The van der Waals surface area contributed by atoms with Gasteiger partial charge >= 0.3 is 0 Å². The first kappa shape index (κ1) is 22.9. The van der Waals surface area contributed by atoms with Crippen LogP contribution in [0.1, 0.15) is 35.5 Å². The molecule has 0 bridgehead atoms. The molecule has 1 aliphatic heterocycles.